The summed E-state index contributed by atoms with van der Waals surface area (Å²) in [5.41, 5.74) is 3.13. The first-order chi connectivity index (χ1) is 14.1. The summed E-state index contributed by atoms with van der Waals surface area (Å²) in [6.07, 6.45) is 0.613. The Bertz CT molecular complexity index is 898. The molecular weight excluding hydrogens is 370 g/mol. The van der Waals surface area contributed by atoms with Crippen LogP contribution in [0.15, 0.2) is 48.5 Å². The van der Waals surface area contributed by atoms with Crippen molar-refractivity contribution in [3.8, 4) is 5.75 Å². The van der Waals surface area contributed by atoms with E-state index in [1.165, 1.54) is 4.90 Å². The number of ether oxygens (including phenoxy) is 1. The predicted molar refractivity (Wildman–Crippen MR) is 106 cm³/mol. The number of benzene rings is 2. The number of hydrogen-bond acceptors (Lipinski definition) is 4. The number of carbonyl (C=O) groups is 3. The molecule has 0 spiro atoms. The molecule has 1 saturated heterocycles. The highest BCUT2D eigenvalue weighted by Gasteiger charge is 2.46. The minimum atomic E-state index is -0.459. The van der Waals surface area contributed by atoms with Gasteiger partial charge in [-0.15, -0.1) is 0 Å². The second-order valence-corrected chi connectivity index (χ2v) is 7.26. The lowest BCUT2D eigenvalue weighted by Gasteiger charge is -2.28. The summed E-state index contributed by atoms with van der Waals surface area (Å²) in [6, 6.07) is 14.5. The molecule has 0 bridgehead atoms. The number of nitrogens with zero attached hydrogens (tertiary/aromatic N) is 2. The smallest absolute Gasteiger partial charge is 0.327 e. The highest BCUT2D eigenvalue weighted by Crippen LogP contribution is 2.29. The fourth-order valence-electron chi connectivity index (χ4n) is 3.83. The van der Waals surface area contributed by atoms with E-state index in [2.05, 4.69) is 5.32 Å². The van der Waals surface area contributed by atoms with Gasteiger partial charge in [0.25, 0.3) is 5.91 Å². The highest BCUT2D eigenvalue weighted by molar-refractivity contribution is 6.04. The molecule has 2 aliphatic rings. The summed E-state index contributed by atoms with van der Waals surface area (Å²) in [7, 11) is 1.60. The molecule has 1 N–H and O–H groups in total. The van der Waals surface area contributed by atoms with Gasteiger partial charge < -0.3 is 15.0 Å². The van der Waals surface area contributed by atoms with Gasteiger partial charge in [0, 0.05) is 32.5 Å². The van der Waals surface area contributed by atoms with Crippen molar-refractivity contribution in [2.24, 2.45) is 0 Å². The van der Waals surface area contributed by atoms with Crippen LogP contribution in [-0.4, -0.2) is 47.3 Å². The van der Waals surface area contributed by atoms with Crippen LogP contribution in [0.4, 0.5) is 4.79 Å². The fraction of sp³-hybridized carbons (Fsp3) is 0.318. The molecule has 2 aliphatic heterocycles. The number of rotatable bonds is 6. The maximum absolute atomic E-state index is 12.7. The van der Waals surface area contributed by atoms with Crippen molar-refractivity contribution in [2.75, 3.05) is 13.7 Å². The molecule has 2 heterocycles. The molecular formula is C22H23N3O4. The first kappa shape index (κ1) is 19.0. The van der Waals surface area contributed by atoms with Crippen molar-refractivity contribution in [1.82, 2.24) is 15.1 Å². The summed E-state index contributed by atoms with van der Waals surface area (Å²) in [5, 5.41) is 2.82. The van der Waals surface area contributed by atoms with Crippen LogP contribution in [0.25, 0.3) is 0 Å². The van der Waals surface area contributed by atoms with E-state index in [0.29, 0.717) is 19.5 Å². The number of urea groups is 1. The number of methoxy groups -OCH3 is 1. The lowest BCUT2D eigenvalue weighted by atomic mass is 9.95. The van der Waals surface area contributed by atoms with Gasteiger partial charge in [0.1, 0.15) is 11.8 Å². The SMILES string of the molecule is COc1ccc(CNC(=O)CCN2C(=O)[C@@H]3Cc4ccccc4CN3C2=O)cc1. The van der Waals surface area contributed by atoms with Gasteiger partial charge >= 0.3 is 6.03 Å². The summed E-state index contributed by atoms with van der Waals surface area (Å²) >= 11 is 0. The predicted octanol–water partition coefficient (Wildman–Crippen LogP) is 2.09. The third-order valence-corrected chi connectivity index (χ3v) is 5.49. The molecule has 0 unspecified atom stereocenters. The van der Waals surface area contributed by atoms with Crippen LogP contribution in [-0.2, 0) is 29.1 Å². The van der Waals surface area contributed by atoms with Crippen LogP contribution in [0, 0.1) is 0 Å². The zero-order chi connectivity index (χ0) is 20.4. The number of amides is 4. The minimum absolute atomic E-state index is 0.0845. The Kier molecular flexibility index (Phi) is 5.20. The van der Waals surface area contributed by atoms with E-state index in [1.54, 1.807) is 12.0 Å². The van der Waals surface area contributed by atoms with Crippen LogP contribution in [0.2, 0.25) is 0 Å². The van der Waals surface area contributed by atoms with Crippen molar-refractivity contribution in [1.29, 1.82) is 0 Å². The monoisotopic (exact) mass is 393 g/mol. The molecule has 0 radical (unpaired) electrons. The number of fused-ring (bicyclic) bond motifs is 2. The average molecular weight is 393 g/mol. The van der Waals surface area contributed by atoms with Crippen LogP contribution >= 0.6 is 0 Å². The van der Waals surface area contributed by atoms with Gasteiger partial charge in [0.05, 0.1) is 7.11 Å². The molecule has 2 aromatic carbocycles. The maximum atomic E-state index is 12.7. The second-order valence-electron chi connectivity index (χ2n) is 7.26. The summed E-state index contributed by atoms with van der Waals surface area (Å²) in [6.45, 7) is 0.913. The van der Waals surface area contributed by atoms with Crippen LogP contribution in [0.5, 0.6) is 5.75 Å². The van der Waals surface area contributed by atoms with E-state index in [9.17, 15) is 14.4 Å². The van der Waals surface area contributed by atoms with E-state index in [4.69, 9.17) is 4.74 Å². The lowest BCUT2D eigenvalue weighted by molar-refractivity contribution is -0.129. The molecule has 7 heteroatoms. The Labute approximate surface area is 169 Å². The number of nitrogens with one attached hydrogen (secondary N) is 1. The first-order valence-electron chi connectivity index (χ1n) is 9.65. The Hall–Kier alpha value is -3.35. The Morgan fingerprint density at radius 3 is 2.55 bits per heavy atom. The largest absolute Gasteiger partial charge is 0.497 e. The molecule has 0 aliphatic carbocycles. The fourth-order valence-corrected chi connectivity index (χ4v) is 3.83. The van der Waals surface area contributed by atoms with Gasteiger partial charge in [-0.1, -0.05) is 36.4 Å². The third-order valence-electron chi connectivity index (χ3n) is 5.49. The number of carbonyl (C=O) groups excluding carboxylic acids is 3. The molecule has 150 valence electrons. The van der Waals surface area contributed by atoms with Crippen LogP contribution < -0.4 is 10.1 Å². The Morgan fingerprint density at radius 1 is 1.10 bits per heavy atom. The molecule has 4 amide bonds. The average Bonchev–Trinajstić information content (AvgIpc) is 2.98. The Morgan fingerprint density at radius 2 is 1.83 bits per heavy atom. The molecule has 0 aromatic heterocycles. The molecule has 7 nitrogen and oxygen atoms in total. The summed E-state index contributed by atoms with van der Waals surface area (Å²) in [5.74, 6) is 0.340. The van der Waals surface area contributed by atoms with Gasteiger partial charge in [-0.05, 0) is 28.8 Å². The van der Waals surface area contributed by atoms with Crippen molar-refractivity contribution >= 4 is 17.8 Å². The standard InChI is InChI=1S/C22H23N3O4/c1-29-18-8-6-15(7-9-18)13-23-20(26)10-11-24-21(27)19-12-16-4-2-3-5-17(16)14-25(19)22(24)28/h2-9,19H,10-14H2,1H3,(H,23,26)/t19-/m0/s1. The summed E-state index contributed by atoms with van der Waals surface area (Å²) in [4.78, 5) is 40.5. The van der Waals surface area contributed by atoms with Crippen molar-refractivity contribution < 1.29 is 19.1 Å². The normalized spacial score (nSPS) is 17.8. The van der Waals surface area contributed by atoms with Crippen LogP contribution in [0.3, 0.4) is 0 Å². The summed E-state index contributed by atoms with van der Waals surface area (Å²) < 4.78 is 5.11. The minimum Gasteiger partial charge on any atom is -0.497 e. The van der Waals surface area contributed by atoms with E-state index >= 15 is 0 Å². The number of imide groups is 1. The second kappa shape index (κ2) is 7.95. The zero-order valence-electron chi connectivity index (χ0n) is 16.3. The maximum Gasteiger partial charge on any atom is 0.327 e. The van der Waals surface area contributed by atoms with Crippen molar-refractivity contribution in [3.63, 3.8) is 0 Å². The zero-order valence-corrected chi connectivity index (χ0v) is 16.3. The topological polar surface area (TPSA) is 79.0 Å². The van der Waals surface area contributed by atoms with E-state index in [-0.39, 0.29) is 30.8 Å². The Balaban J connectivity index is 1.31. The van der Waals surface area contributed by atoms with Crippen molar-refractivity contribution in [2.45, 2.75) is 32.0 Å². The van der Waals surface area contributed by atoms with E-state index in [1.807, 2.05) is 48.5 Å². The molecule has 1 fully saturated rings. The molecule has 29 heavy (non-hydrogen) atoms. The number of hydrogen-bond donors (Lipinski definition) is 1. The molecule has 2 aromatic rings. The third kappa shape index (κ3) is 3.81. The van der Waals surface area contributed by atoms with E-state index < -0.39 is 6.04 Å². The van der Waals surface area contributed by atoms with Gasteiger partial charge in [0.2, 0.25) is 5.91 Å². The molecule has 1 atom stereocenters. The van der Waals surface area contributed by atoms with Crippen molar-refractivity contribution in [3.05, 3.63) is 65.2 Å². The molecule has 4 rings (SSSR count). The van der Waals surface area contributed by atoms with Gasteiger partial charge in [-0.25, -0.2) is 4.79 Å². The van der Waals surface area contributed by atoms with E-state index in [0.717, 1.165) is 22.4 Å². The quantitative estimate of drug-likeness (QED) is 0.763. The molecule has 0 saturated carbocycles. The first-order valence-corrected chi connectivity index (χ1v) is 9.65. The van der Waals surface area contributed by atoms with Gasteiger partial charge in [0.15, 0.2) is 0 Å². The lowest BCUT2D eigenvalue weighted by Crippen LogP contribution is -2.39. The van der Waals surface area contributed by atoms with Crippen LogP contribution in [0.1, 0.15) is 23.1 Å². The highest BCUT2D eigenvalue weighted by atomic mass is 16.5. The van der Waals surface area contributed by atoms with Gasteiger partial charge in [-0.3, -0.25) is 14.5 Å². The van der Waals surface area contributed by atoms with Gasteiger partial charge in [-0.2, -0.15) is 0 Å².